The van der Waals surface area contributed by atoms with Gasteiger partial charge in [0.15, 0.2) is 5.79 Å². The summed E-state index contributed by atoms with van der Waals surface area (Å²) in [6.45, 7) is 11.7. The van der Waals surface area contributed by atoms with Crippen LogP contribution in [0.3, 0.4) is 0 Å². The zero-order chi connectivity index (χ0) is 15.8. The number of nitrogens with zero attached hydrogens (tertiary/aromatic N) is 1. The van der Waals surface area contributed by atoms with E-state index < -0.39 is 0 Å². The zero-order valence-corrected chi connectivity index (χ0v) is 14.8. The van der Waals surface area contributed by atoms with E-state index in [1.807, 2.05) is 0 Å². The van der Waals surface area contributed by atoms with E-state index in [0.29, 0.717) is 0 Å². The predicted octanol–water partition coefficient (Wildman–Crippen LogP) is 3.45. The number of piperidine rings is 1. The van der Waals surface area contributed by atoms with E-state index in [1.165, 1.54) is 25.7 Å². The second-order valence-electron chi connectivity index (χ2n) is 6.65. The molecule has 0 bridgehead atoms. The van der Waals surface area contributed by atoms with Gasteiger partial charge >= 0.3 is 0 Å². The van der Waals surface area contributed by atoms with Crippen molar-refractivity contribution in [2.24, 2.45) is 5.92 Å². The van der Waals surface area contributed by atoms with Gasteiger partial charge in [-0.05, 0) is 52.4 Å². The van der Waals surface area contributed by atoms with Crippen molar-refractivity contribution in [1.29, 1.82) is 0 Å². The second-order valence-corrected chi connectivity index (χ2v) is 6.65. The van der Waals surface area contributed by atoms with E-state index in [0.717, 1.165) is 64.3 Å². The Morgan fingerprint density at radius 1 is 0.864 bits per heavy atom. The highest BCUT2D eigenvalue weighted by Gasteiger charge is 2.38. The third-order valence-corrected chi connectivity index (χ3v) is 5.26. The highest BCUT2D eigenvalue weighted by Crippen LogP contribution is 2.33. The lowest BCUT2D eigenvalue weighted by molar-refractivity contribution is -0.255. The summed E-state index contributed by atoms with van der Waals surface area (Å²) in [6, 6.07) is 0.763. The monoisotopic (exact) mass is 313 g/mol. The molecule has 0 amide bonds. The largest absolute Gasteiger partial charge is 0.381 e. The maximum Gasteiger partial charge on any atom is 0.170 e. The van der Waals surface area contributed by atoms with Crippen LogP contribution in [0.2, 0.25) is 0 Å². The molecule has 4 heteroatoms. The van der Waals surface area contributed by atoms with Crippen LogP contribution in [0.5, 0.6) is 0 Å². The molecule has 1 heterocycles. The van der Waals surface area contributed by atoms with Crippen molar-refractivity contribution in [2.75, 3.05) is 39.5 Å². The third-order valence-electron chi connectivity index (χ3n) is 5.26. The first kappa shape index (κ1) is 18.2. The molecule has 0 unspecified atom stereocenters. The molecule has 0 N–H and O–H groups in total. The molecule has 0 aromatic rings. The summed E-state index contributed by atoms with van der Waals surface area (Å²) in [7, 11) is 0. The maximum absolute atomic E-state index is 5.94. The molecule has 1 aliphatic heterocycles. The third kappa shape index (κ3) is 4.92. The van der Waals surface area contributed by atoms with Gasteiger partial charge in [-0.3, -0.25) is 4.90 Å². The van der Waals surface area contributed by atoms with Crippen LogP contribution in [0.15, 0.2) is 0 Å². The maximum atomic E-state index is 5.94. The summed E-state index contributed by atoms with van der Waals surface area (Å²) in [6.07, 6.45) is 7.32. The highest BCUT2D eigenvalue weighted by molar-refractivity contribution is 4.86. The van der Waals surface area contributed by atoms with Gasteiger partial charge in [0, 0.05) is 58.4 Å². The van der Waals surface area contributed by atoms with Crippen LogP contribution in [0, 0.1) is 5.92 Å². The van der Waals surface area contributed by atoms with E-state index in [2.05, 4.69) is 25.7 Å². The van der Waals surface area contributed by atoms with Gasteiger partial charge in [-0.2, -0.15) is 0 Å². The summed E-state index contributed by atoms with van der Waals surface area (Å²) in [5.74, 6) is 0.471. The van der Waals surface area contributed by atoms with Crippen LogP contribution < -0.4 is 0 Å². The Balaban J connectivity index is 1.75. The van der Waals surface area contributed by atoms with Crippen LogP contribution in [0.25, 0.3) is 0 Å². The lowest BCUT2D eigenvalue weighted by atomic mass is 9.85. The Hall–Kier alpha value is -0.160. The van der Waals surface area contributed by atoms with Crippen molar-refractivity contribution in [1.82, 2.24) is 4.90 Å². The molecule has 4 nitrogen and oxygen atoms in total. The lowest BCUT2D eigenvalue weighted by Gasteiger charge is -2.45. The molecule has 1 aliphatic carbocycles. The summed E-state index contributed by atoms with van der Waals surface area (Å²) < 4.78 is 17.5. The smallest absolute Gasteiger partial charge is 0.170 e. The Morgan fingerprint density at radius 2 is 1.45 bits per heavy atom. The number of hydrogen-bond acceptors (Lipinski definition) is 4. The van der Waals surface area contributed by atoms with Crippen molar-refractivity contribution in [3.63, 3.8) is 0 Å². The minimum Gasteiger partial charge on any atom is -0.381 e. The minimum absolute atomic E-state index is 0.313. The first-order valence-corrected chi connectivity index (χ1v) is 9.32. The van der Waals surface area contributed by atoms with Crippen LogP contribution >= 0.6 is 0 Å². The zero-order valence-electron chi connectivity index (χ0n) is 14.8. The molecular formula is C18H35NO3. The average Bonchev–Trinajstić information content (AvgIpc) is 2.55. The fourth-order valence-corrected chi connectivity index (χ4v) is 4.05. The molecule has 0 radical (unpaired) electrons. The SMILES string of the molecule is CCOC[C@H]1CC[C@H](N2CCC(OCC)(OCC)CC2)CC1. The molecular weight excluding hydrogens is 278 g/mol. The average molecular weight is 313 g/mol. The molecule has 0 atom stereocenters. The van der Waals surface area contributed by atoms with Gasteiger partial charge in [-0.25, -0.2) is 0 Å². The fraction of sp³-hybridized carbons (Fsp3) is 1.00. The van der Waals surface area contributed by atoms with E-state index in [4.69, 9.17) is 14.2 Å². The van der Waals surface area contributed by atoms with Gasteiger partial charge in [-0.15, -0.1) is 0 Å². The van der Waals surface area contributed by atoms with Crippen LogP contribution in [-0.2, 0) is 14.2 Å². The Labute approximate surface area is 136 Å². The van der Waals surface area contributed by atoms with Crippen molar-refractivity contribution < 1.29 is 14.2 Å². The first-order chi connectivity index (χ1) is 10.7. The van der Waals surface area contributed by atoms with E-state index in [9.17, 15) is 0 Å². The van der Waals surface area contributed by atoms with Crippen molar-refractivity contribution in [3.8, 4) is 0 Å². The van der Waals surface area contributed by atoms with Crippen molar-refractivity contribution in [2.45, 2.75) is 71.1 Å². The van der Waals surface area contributed by atoms with Gasteiger partial charge in [-0.1, -0.05) is 0 Å². The minimum atomic E-state index is -0.313. The van der Waals surface area contributed by atoms with Crippen LogP contribution in [0.4, 0.5) is 0 Å². The quantitative estimate of drug-likeness (QED) is 0.642. The van der Waals surface area contributed by atoms with Crippen molar-refractivity contribution in [3.05, 3.63) is 0 Å². The molecule has 2 rings (SSSR count). The molecule has 1 saturated carbocycles. The molecule has 0 aromatic heterocycles. The Kier molecular flexibility index (Phi) is 7.61. The highest BCUT2D eigenvalue weighted by atomic mass is 16.7. The fourth-order valence-electron chi connectivity index (χ4n) is 4.05. The molecule has 2 fully saturated rings. The molecule has 22 heavy (non-hydrogen) atoms. The molecule has 2 aliphatic rings. The number of ether oxygens (including phenoxy) is 3. The summed E-state index contributed by atoms with van der Waals surface area (Å²) in [5, 5.41) is 0. The molecule has 130 valence electrons. The van der Waals surface area contributed by atoms with Crippen molar-refractivity contribution >= 4 is 0 Å². The first-order valence-electron chi connectivity index (χ1n) is 9.32. The second kappa shape index (κ2) is 9.21. The van der Waals surface area contributed by atoms with Crippen LogP contribution in [-0.4, -0.2) is 56.2 Å². The topological polar surface area (TPSA) is 30.9 Å². The van der Waals surface area contributed by atoms with Gasteiger partial charge < -0.3 is 14.2 Å². The molecule has 1 saturated heterocycles. The van der Waals surface area contributed by atoms with E-state index >= 15 is 0 Å². The van der Waals surface area contributed by atoms with Gasteiger partial charge in [0.25, 0.3) is 0 Å². The Bertz CT molecular complexity index is 287. The predicted molar refractivity (Wildman–Crippen MR) is 89.0 cm³/mol. The standard InChI is InChI=1S/C18H35NO3/c1-4-20-15-16-7-9-17(10-8-16)19-13-11-18(12-14-19,21-5-2)22-6-3/h16-17H,4-15H2,1-3H3/t16-,17-. The Morgan fingerprint density at radius 3 is 1.95 bits per heavy atom. The van der Waals surface area contributed by atoms with Gasteiger partial charge in [0.2, 0.25) is 0 Å². The summed E-state index contributed by atoms with van der Waals surface area (Å²) in [4.78, 5) is 2.67. The van der Waals surface area contributed by atoms with Crippen LogP contribution in [0.1, 0.15) is 59.3 Å². The summed E-state index contributed by atoms with van der Waals surface area (Å²) in [5.41, 5.74) is 0. The number of hydrogen-bond donors (Lipinski definition) is 0. The normalized spacial score (nSPS) is 29.6. The van der Waals surface area contributed by atoms with E-state index in [1.54, 1.807) is 0 Å². The number of likely N-dealkylation sites (tertiary alicyclic amines) is 1. The van der Waals surface area contributed by atoms with E-state index in [-0.39, 0.29) is 5.79 Å². The number of rotatable bonds is 8. The molecule has 0 spiro atoms. The molecule has 0 aromatic carbocycles. The van der Waals surface area contributed by atoms with Gasteiger partial charge in [0.05, 0.1) is 0 Å². The lowest BCUT2D eigenvalue weighted by Crippen LogP contribution is -2.51. The van der Waals surface area contributed by atoms with Gasteiger partial charge in [0.1, 0.15) is 0 Å². The summed E-state index contributed by atoms with van der Waals surface area (Å²) >= 11 is 0.